The summed E-state index contributed by atoms with van der Waals surface area (Å²) in [6, 6.07) is 11.0. The number of carbonyl (C=O) groups excluding carboxylic acids is 1. The van der Waals surface area contributed by atoms with Gasteiger partial charge in [-0.3, -0.25) is 4.79 Å². The number of hydrogen-bond donors (Lipinski definition) is 1. The van der Waals surface area contributed by atoms with Crippen LogP contribution in [0.1, 0.15) is 51.0 Å². The van der Waals surface area contributed by atoms with Gasteiger partial charge in [-0.15, -0.1) is 12.4 Å². The molecule has 3 rings (SSSR count). The van der Waals surface area contributed by atoms with E-state index in [1.54, 1.807) is 0 Å². The molecule has 3 atom stereocenters. The van der Waals surface area contributed by atoms with Crippen LogP contribution in [-0.2, 0) is 4.79 Å². The van der Waals surface area contributed by atoms with Gasteiger partial charge in [0.05, 0.1) is 0 Å². The fraction of sp³-hybridized carbons (Fsp3) is 0.650. The lowest BCUT2D eigenvalue weighted by Gasteiger charge is -2.31. The highest BCUT2D eigenvalue weighted by Gasteiger charge is 2.35. The number of nitrogens with one attached hydrogen (secondary N) is 1. The van der Waals surface area contributed by atoms with E-state index in [1.807, 2.05) is 0 Å². The first kappa shape index (κ1) is 19.3. The molecule has 3 unspecified atom stereocenters. The Morgan fingerprint density at radius 1 is 1.21 bits per heavy atom. The van der Waals surface area contributed by atoms with Gasteiger partial charge < -0.3 is 10.2 Å². The van der Waals surface area contributed by atoms with E-state index in [0.717, 1.165) is 32.5 Å². The number of benzene rings is 1. The van der Waals surface area contributed by atoms with Crippen LogP contribution in [0, 0.1) is 11.8 Å². The molecule has 1 amide bonds. The highest BCUT2D eigenvalue weighted by molar-refractivity contribution is 5.85. The molecule has 2 aliphatic heterocycles. The third-order valence-electron chi connectivity index (χ3n) is 5.99. The molecule has 1 aromatic rings. The van der Waals surface area contributed by atoms with Crippen LogP contribution in [0.15, 0.2) is 30.3 Å². The molecule has 0 aliphatic carbocycles. The monoisotopic (exact) mass is 350 g/mol. The van der Waals surface area contributed by atoms with E-state index in [-0.39, 0.29) is 12.4 Å². The maximum absolute atomic E-state index is 12.8. The van der Waals surface area contributed by atoms with Crippen LogP contribution in [0.3, 0.4) is 0 Å². The van der Waals surface area contributed by atoms with Crippen LogP contribution in [0.25, 0.3) is 0 Å². The first-order chi connectivity index (χ1) is 11.2. The van der Waals surface area contributed by atoms with Gasteiger partial charge in [-0.05, 0) is 56.7 Å². The van der Waals surface area contributed by atoms with Gasteiger partial charge in [-0.2, -0.15) is 0 Å². The molecule has 3 nitrogen and oxygen atoms in total. The summed E-state index contributed by atoms with van der Waals surface area (Å²) >= 11 is 0. The van der Waals surface area contributed by atoms with E-state index in [4.69, 9.17) is 0 Å². The number of carbonyl (C=O) groups is 1. The Morgan fingerprint density at radius 2 is 1.88 bits per heavy atom. The molecule has 1 N–H and O–H groups in total. The average molecular weight is 351 g/mol. The SMILES string of the molecule is CC(CC(=O)N1CCC(c2ccccc2)C1C)C1CCNCC1.Cl. The Balaban J connectivity index is 0.00000208. The summed E-state index contributed by atoms with van der Waals surface area (Å²) in [5.41, 5.74) is 1.38. The Morgan fingerprint density at radius 3 is 2.54 bits per heavy atom. The van der Waals surface area contributed by atoms with Crippen LogP contribution in [0.2, 0.25) is 0 Å². The summed E-state index contributed by atoms with van der Waals surface area (Å²) in [7, 11) is 0. The van der Waals surface area contributed by atoms with Crippen molar-refractivity contribution in [2.45, 2.75) is 51.5 Å². The van der Waals surface area contributed by atoms with Crippen LogP contribution < -0.4 is 5.32 Å². The maximum Gasteiger partial charge on any atom is 0.223 e. The highest BCUT2D eigenvalue weighted by atomic mass is 35.5. The number of rotatable bonds is 4. The minimum Gasteiger partial charge on any atom is -0.339 e. The third kappa shape index (κ3) is 4.31. The summed E-state index contributed by atoms with van der Waals surface area (Å²) in [6.07, 6.45) is 4.25. The van der Waals surface area contributed by atoms with Crippen molar-refractivity contribution in [3.63, 3.8) is 0 Å². The zero-order chi connectivity index (χ0) is 16.2. The second-order valence-corrected chi connectivity index (χ2v) is 7.40. The van der Waals surface area contributed by atoms with Crippen LogP contribution >= 0.6 is 12.4 Å². The number of amides is 1. The van der Waals surface area contributed by atoms with E-state index in [2.05, 4.69) is 54.4 Å². The molecule has 0 aromatic heterocycles. The van der Waals surface area contributed by atoms with E-state index in [9.17, 15) is 4.79 Å². The summed E-state index contributed by atoms with van der Waals surface area (Å²) in [4.78, 5) is 14.9. The van der Waals surface area contributed by atoms with E-state index in [0.29, 0.717) is 29.7 Å². The predicted molar refractivity (Wildman–Crippen MR) is 102 cm³/mol. The quantitative estimate of drug-likeness (QED) is 0.894. The molecular weight excluding hydrogens is 320 g/mol. The zero-order valence-corrected chi connectivity index (χ0v) is 15.7. The Bertz CT molecular complexity index is 516. The highest BCUT2D eigenvalue weighted by Crippen LogP contribution is 2.34. The first-order valence-corrected chi connectivity index (χ1v) is 9.22. The molecule has 0 bridgehead atoms. The molecule has 1 aromatic carbocycles. The Hall–Kier alpha value is -1.06. The molecule has 2 aliphatic rings. The van der Waals surface area contributed by atoms with Gasteiger partial charge in [0.1, 0.15) is 0 Å². The van der Waals surface area contributed by atoms with Gasteiger partial charge in [0.25, 0.3) is 0 Å². The lowest BCUT2D eigenvalue weighted by atomic mass is 9.84. The molecule has 134 valence electrons. The number of piperidine rings is 1. The normalized spacial score (nSPS) is 26.0. The van der Waals surface area contributed by atoms with Gasteiger partial charge in [0.2, 0.25) is 5.91 Å². The largest absolute Gasteiger partial charge is 0.339 e. The second kappa shape index (κ2) is 8.87. The lowest BCUT2D eigenvalue weighted by Crippen LogP contribution is -2.38. The van der Waals surface area contributed by atoms with Gasteiger partial charge in [0, 0.05) is 24.9 Å². The lowest BCUT2D eigenvalue weighted by molar-refractivity contribution is -0.133. The summed E-state index contributed by atoms with van der Waals surface area (Å²) in [5, 5.41) is 3.41. The summed E-state index contributed by atoms with van der Waals surface area (Å²) in [6.45, 7) is 7.62. The standard InChI is InChI=1S/C20H30N2O.ClH/c1-15(17-8-11-21-12-9-17)14-20(23)22-13-10-19(16(22)2)18-6-4-3-5-7-18;/h3-7,15-17,19,21H,8-14H2,1-2H3;1H. The molecule has 2 fully saturated rings. The van der Waals surface area contributed by atoms with Crippen molar-refractivity contribution < 1.29 is 4.79 Å². The number of nitrogens with zero attached hydrogens (tertiary/aromatic N) is 1. The van der Waals surface area contributed by atoms with Gasteiger partial charge in [-0.1, -0.05) is 37.3 Å². The number of likely N-dealkylation sites (tertiary alicyclic amines) is 1. The maximum atomic E-state index is 12.8. The van der Waals surface area contributed by atoms with Crippen molar-refractivity contribution in [3.05, 3.63) is 35.9 Å². The van der Waals surface area contributed by atoms with Crippen LogP contribution in [-0.4, -0.2) is 36.5 Å². The van der Waals surface area contributed by atoms with E-state index < -0.39 is 0 Å². The first-order valence-electron chi connectivity index (χ1n) is 9.22. The van der Waals surface area contributed by atoms with E-state index in [1.165, 1.54) is 18.4 Å². The molecule has 0 saturated carbocycles. The van der Waals surface area contributed by atoms with Crippen molar-refractivity contribution in [1.29, 1.82) is 0 Å². The summed E-state index contributed by atoms with van der Waals surface area (Å²) < 4.78 is 0. The predicted octanol–water partition coefficient (Wildman–Crippen LogP) is 3.84. The van der Waals surface area contributed by atoms with Gasteiger partial charge in [0.15, 0.2) is 0 Å². The minimum atomic E-state index is 0. The molecular formula is C20H31ClN2O. The van der Waals surface area contributed by atoms with Crippen LogP contribution in [0.5, 0.6) is 0 Å². The molecule has 0 spiro atoms. The van der Waals surface area contributed by atoms with Crippen molar-refractivity contribution in [3.8, 4) is 0 Å². The van der Waals surface area contributed by atoms with Crippen molar-refractivity contribution in [1.82, 2.24) is 10.2 Å². The Kier molecular flexibility index (Phi) is 7.12. The number of halogens is 1. The fourth-order valence-corrected chi connectivity index (χ4v) is 4.41. The molecule has 24 heavy (non-hydrogen) atoms. The molecule has 0 radical (unpaired) electrons. The summed E-state index contributed by atoms with van der Waals surface area (Å²) in [5.74, 6) is 2.08. The van der Waals surface area contributed by atoms with Gasteiger partial charge in [-0.25, -0.2) is 0 Å². The van der Waals surface area contributed by atoms with Crippen molar-refractivity contribution in [2.75, 3.05) is 19.6 Å². The van der Waals surface area contributed by atoms with Crippen LogP contribution in [0.4, 0.5) is 0 Å². The van der Waals surface area contributed by atoms with Crippen molar-refractivity contribution in [2.24, 2.45) is 11.8 Å². The van der Waals surface area contributed by atoms with E-state index >= 15 is 0 Å². The second-order valence-electron chi connectivity index (χ2n) is 7.40. The Labute approximate surface area is 152 Å². The zero-order valence-electron chi connectivity index (χ0n) is 14.9. The van der Waals surface area contributed by atoms with Gasteiger partial charge >= 0.3 is 0 Å². The molecule has 2 saturated heterocycles. The smallest absolute Gasteiger partial charge is 0.223 e. The number of hydrogen-bond acceptors (Lipinski definition) is 2. The third-order valence-corrected chi connectivity index (χ3v) is 5.99. The van der Waals surface area contributed by atoms with Crippen molar-refractivity contribution >= 4 is 18.3 Å². The fourth-order valence-electron chi connectivity index (χ4n) is 4.41. The topological polar surface area (TPSA) is 32.3 Å². The molecule has 2 heterocycles. The average Bonchev–Trinajstić information content (AvgIpc) is 2.98. The molecule has 4 heteroatoms. The minimum absolute atomic E-state index is 0.